The first-order valence-electron chi connectivity index (χ1n) is 9.29. The minimum absolute atomic E-state index is 0.584. The highest BCUT2D eigenvalue weighted by atomic mass is 32.1. The van der Waals surface area contributed by atoms with Gasteiger partial charge in [0.1, 0.15) is 0 Å². The molecule has 0 amide bonds. The molecule has 0 saturated carbocycles. The van der Waals surface area contributed by atoms with Gasteiger partial charge in [-0.25, -0.2) is 9.97 Å². The lowest BCUT2D eigenvalue weighted by molar-refractivity contribution is 0.409. The molecule has 2 aromatic heterocycles. The van der Waals surface area contributed by atoms with E-state index in [-0.39, 0.29) is 0 Å². The van der Waals surface area contributed by atoms with E-state index in [1.54, 1.807) is 11.3 Å². The second-order valence-electron chi connectivity index (χ2n) is 6.73. The number of imidazole rings is 1. The Bertz CT molecular complexity index is 801. The molecule has 5 nitrogen and oxygen atoms in total. The Labute approximate surface area is 158 Å². The molecule has 26 heavy (non-hydrogen) atoms. The normalized spacial score (nSPS) is 15.5. The van der Waals surface area contributed by atoms with Gasteiger partial charge in [-0.2, -0.15) is 0 Å². The first-order valence-corrected chi connectivity index (χ1v) is 10.2. The van der Waals surface area contributed by atoms with Crippen molar-refractivity contribution < 1.29 is 0 Å². The van der Waals surface area contributed by atoms with Gasteiger partial charge in [0.25, 0.3) is 0 Å². The molecule has 0 unspecified atom stereocenters. The van der Waals surface area contributed by atoms with Crippen LogP contribution in [0.5, 0.6) is 0 Å². The molecule has 3 aromatic rings. The number of anilines is 1. The zero-order valence-corrected chi connectivity index (χ0v) is 16.0. The second kappa shape index (κ2) is 8.01. The summed E-state index contributed by atoms with van der Waals surface area (Å²) >= 11 is 1.64. The number of rotatable bonds is 6. The Balaban J connectivity index is 1.29. The number of thiazole rings is 1. The third-order valence-electron chi connectivity index (χ3n) is 5.17. The number of hydrogen-bond acceptors (Lipinski definition) is 5. The van der Waals surface area contributed by atoms with Crippen molar-refractivity contribution in [3.63, 3.8) is 0 Å². The van der Waals surface area contributed by atoms with E-state index in [4.69, 9.17) is 0 Å². The van der Waals surface area contributed by atoms with Crippen LogP contribution in [0.15, 0.2) is 47.7 Å². The predicted molar refractivity (Wildman–Crippen MR) is 108 cm³/mol. The summed E-state index contributed by atoms with van der Waals surface area (Å²) < 4.78 is 2.20. The van der Waals surface area contributed by atoms with Crippen molar-refractivity contribution in [3.8, 4) is 11.3 Å². The monoisotopic (exact) mass is 367 g/mol. The molecule has 136 valence electrons. The average Bonchev–Trinajstić information content (AvgIpc) is 3.38. The van der Waals surface area contributed by atoms with Gasteiger partial charge >= 0.3 is 0 Å². The minimum atomic E-state index is 0.584. The Morgan fingerprint density at radius 1 is 1.19 bits per heavy atom. The molecule has 0 bridgehead atoms. The van der Waals surface area contributed by atoms with E-state index >= 15 is 0 Å². The molecule has 1 saturated heterocycles. The van der Waals surface area contributed by atoms with Gasteiger partial charge in [-0.15, -0.1) is 11.3 Å². The van der Waals surface area contributed by atoms with Gasteiger partial charge in [-0.3, -0.25) is 0 Å². The highest BCUT2D eigenvalue weighted by Gasteiger charge is 2.19. The molecule has 1 fully saturated rings. The molecule has 1 N–H and O–H groups in total. The van der Waals surface area contributed by atoms with Crippen molar-refractivity contribution >= 4 is 17.0 Å². The predicted octanol–water partition coefficient (Wildman–Crippen LogP) is 3.79. The SMILES string of the molecule is CCn1cncc1CNC1CCN(c2ccc(-c3cscn3)cc2)CC1. The average molecular weight is 368 g/mol. The van der Waals surface area contributed by atoms with Crippen molar-refractivity contribution in [2.24, 2.45) is 0 Å². The number of piperidine rings is 1. The van der Waals surface area contributed by atoms with E-state index in [2.05, 4.69) is 61.3 Å². The van der Waals surface area contributed by atoms with Crippen molar-refractivity contribution in [1.29, 1.82) is 0 Å². The van der Waals surface area contributed by atoms with Crippen LogP contribution in [0.25, 0.3) is 11.3 Å². The van der Waals surface area contributed by atoms with Gasteiger partial charge in [0.05, 0.1) is 23.2 Å². The first kappa shape index (κ1) is 17.2. The molecule has 1 aliphatic rings. The third kappa shape index (κ3) is 3.81. The smallest absolute Gasteiger partial charge is 0.0948 e. The number of nitrogens with one attached hydrogen (secondary N) is 1. The maximum Gasteiger partial charge on any atom is 0.0948 e. The van der Waals surface area contributed by atoms with Crippen LogP contribution < -0.4 is 10.2 Å². The number of aryl methyl sites for hydroxylation is 1. The maximum absolute atomic E-state index is 4.38. The van der Waals surface area contributed by atoms with Crippen LogP contribution in [0.1, 0.15) is 25.5 Å². The molecule has 6 heteroatoms. The Morgan fingerprint density at radius 3 is 2.69 bits per heavy atom. The fourth-order valence-corrected chi connectivity index (χ4v) is 4.13. The Hall–Kier alpha value is -2.18. The Morgan fingerprint density at radius 2 is 2.00 bits per heavy atom. The fraction of sp³-hybridized carbons (Fsp3) is 0.400. The number of nitrogens with zero attached hydrogens (tertiary/aromatic N) is 4. The highest BCUT2D eigenvalue weighted by molar-refractivity contribution is 7.07. The largest absolute Gasteiger partial charge is 0.371 e. The summed E-state index contributed by atoms with van der Waals surface area (Å²) in [5.41, 5.74) is 6.73. The lowest BCUT2D eigenvalue weighted by Crippen LogP contribution is -2.42. The minimum Gasteiger partial charge on any atom is -0.371 e. The maximum atomic E-state index is 4.38. The summed E-state index contributed by atoms with van der Waals surface area (Å²) in [6.45, 7) is 6.23. The van der Waals surface area contributed by atoms with Gasteiger partial charge < -0.3 is 14.8 Å². The van der Waals surface area contributed by atoms with Crippen molar-refractivity contribution in [3.05, 3.63) is 53.4 Å². The lowest BCUT2D eigenvalue weighted by atomic mass is 10.0. The van der Waals surface area contributed by atoms with Gasteiger partial charge in [-0.05, 0) is 31.9 Å². The van der Waals surface area contributed by atoms with E-state index < -0.39 is 0 Å². The summed E-state index contributed by atoms with van der Waals surface area (Å²) in [5.74, 6) is 0. The van der Waals surface area contributed by atoms with Crippen molar-refractivity contribution in [2.45, 2.75) is 38.9 Å². The molecule has 1 aliphatic heterocycles. The van der Waals surface area contributed by atoms with Crippen LogP contribution in [0.2, 0.25) is 0 Å². The first-order chi connectivity index (χ1) is 12.8. The topological polar surface area (TPSA) is 46.0 Å². The summed E-state index contributed by atoms with van der Waals surface area (Å²) in [6, 6.07) is 9.40. The molecule has 0 spiro atoms. The van der Waals surface area contributed by atoms with E-state index in [0.29, 0.717) is 6.04 Å². The molecule has 1 aromatic carbocycles. The summed E-state index contributed by atoms with van der Waals surface area (Å²) in [5, 5.41) is 5.80. The molecule has 0 atom stereocenters. The number of benzene rings is 1. The summed E-state index contributed by atoms with van der Waals surface area (Å²) in [4.78, 5) is 11.1. The van der Waals surface area contributed by atoms with E-state index in [1.165, 1.54) is 29.8 Å². The van der Waals surface area contributed by atoms with E-state index in [9.17, 15) is 0 Å². The molecule has 0 radical (unpaired) electrons. The van der Waals surface area contributed by atoms with Crippen LogP contribution in [-0.4, -0.2) is 33.7 Å². The second-order valence-corrected chi connectivity index (χ2v) is 7.45. The molecule has 0 aliphatic carbocycles. The quantitative estimate of drug-likeness (QED) is 0.720. The van der Waals surface area contributed by atoms with Crippen LogP contribution in [0, 0.1) is 0 Å². The van der Waals surface area contributed by atoms with Crippen molar-refractivity contribution in [1.82, 2.24) is 19.9 Å². The van der Waals surface area contributed by atoms with Gasteiger partial charge in [0.15, 0.2) is 0 Å². The summed E-state index contributed by atoms with van der Waals surface area (Å²) in [6.07, 6.45) is 6.23. The molecular formula is C20H25N5S. The van der Waals surface area contributed by atoms with Gasteiger partial charge in [0, 0.05) is 55.0 Å². The Kier molecular flexibility index (Phi) is 5.32. The van der Waals surface area contributed by atoms with Crippen molar-refractivity contribution in [2.75, 3.05) is 18.0 Å². The molecule has 4 rings (SSSR count). The lowest BCUT2D eigenvalue weighted by Gasteiger charge is -2.34. The fourth-order valence-electron chi connectivity index (χ4n) is 3.57. The van der Waals surface area contributed by atoms with Gasteiger partial charge in [0.2, 0.25) is 0 Å². The zero-order valence-electron chi connectivity index (χ0n) is 15.1. The van der Waals surface area contributed by atoms with Crippen LogP contribution in [0.4, 0.5) is 5.69 Å². The van der Waals surface area contributed by atoms with Crippen LogP contribution in [0.3, 0.4) is 0 Å². The number of hydrogen-bond donors (Lipinski definition) is 1. The van der Waals surface area contributed by atoms with E-state index in [1.807, 2.05) is 18.0 Å². The number of aromatic nitrogens is 3. The zero-order chi connectivity index (χ0) is 17.8. The molecular weight excluding hydrogens is 342 g/mol. The standard InChI is InChI=1S/C20H25N5S/c1-2-24-14-21-11-19(24)12-22-17-7-9-25(10-8-17)18-5-3-16(4-6-18)20-13-26-15-23-20/h3-6,11,13-15,17,22H,2,7-10,12H2,1H3. The molecule has 3 heterocycles. The van der Waals surface area contributed by atoms with Crippen LogP contribution >= 0.6 is 11.3 Å². The summed E-state index contributed by atoms with van der Waals surface area (Å²) in [7, 11) is 0. The van der Waals surface area contributed by atoms with Crippen LogP contribution in [-0.2, 0) is 13.1 Å². The highest BCUT2D eigenvalue weighted by Crippen LogP contribution is 2.25. The van der Waals surface area contributed by atoms with E-state index in [0.717, 1.165) is 31.9 Å². The third-order valence-corrected chi connectivity index (χ3v) is 5.75. The van der Waals surface area contributed by atoms with Gasteiger partial charge in [-0.1, -0.05) is 12.1 Å².